The summed E-state index contributed by atoms with van der Waals surface area (Å²) >= 11 is 0. The number of aliphatic hydroxyl groups is 2. The van der Waals surface area contributed by atoms with E-state index in [9.17, 15) is 10.2 Å². The smallest absolute Gasteiger partial charge is 0.119 e. The number of ether oxygens (including phenoxy) is 2. The summed E-state index contributed by atoms with van der Waals surface area (Å²) in [6.07, 6.45) is 8.09. The van der Waals surface area contributed by atoms with E-state index < -0.39 is 11.7 Å². The molecule has 3 atom stereocenters. The number of rotatable bonds is 12. The number of hydrogen-bond acceptors (Lipinski definition) is 4. The molecule has 0 aromatic heterocycles. The minimum absolute atomic E-state index is 0.328. The second kappa shape index (κ2) is 11.3. The lowest BCUT2D eigenvalue weighted by Crippen LogP contribution is -2.36. The van der Waals surface area contributed by atoms with Gasteiger partial charge in [-0.05, 0) is 61.8 Å². The van der Waals surface area contributed by atoms with Crippen molar-refractivity contribution in [3.63, 3.8) is 0 Å². The molecule has 1 aliphatic rings. The van der Waals surface area contributed by atoms with Gasteiger partial charge in [-0.2, -0.15) is 0 Å². The third-order valence-corrected chi connectivity index (χ3v) is 5.88. The number of methoxy groups -OCH3 is 1. The summed E-state index contributed by atoms with van der Waals surface area (Å²) in [5, 5.41) is 22.1. The Kier molecular flexibility index (Phi) is 8.50. The van der Waals surface area contributed by atoms with Gasteiger partial charge in [-0.15, -0.1) is 0 Å². The quantitative estimate of drug-likeness (QED) is 0.395. The van der Waals surface area contributed by atoms with Gasteiger partial charge in [0.15, 0.2) is 0 Å². The average Bonchev–Trinajstić information content (AvgIpc) is 3.06. The Balaban J connectivity index is 1.59. The van der Waals surface area contributed by atoms with Crippen molar-refractivity contribution >= 4 is 0 Å². The molecule has 0 unspecified atom stereocenters. The van der Waals surface area contributed by atoms with Gasteiger partial charge >= 0.3 is 0 Å². The number of aliphatic hydroxyl groups excluding tert-OH is 1. The fourth-order valence-corrected chi connectivity index (χ4v) is 4.31. The van der Waals surface area contributed by atoms with Crippen LogP contribution < -0.4 is 4.74 Å². The van der Waals surface area contributed by atoms with Gasteiger partial charge in [-0.1, -0.05) is 54.6 Å². The van der Waals surface area contributed by atoms with Crippen LogP contribution in [0.1, 0.15) is 49.1 Å². The van der Waals surface area contributed by atoms with E-state index in [0.717, 1.165) is 50.0 Å². The topological polar surface area (TPSA) is 58.9 Å². The van der Waals surface area contributed by atoms with Crippen LogP contribution in [0.4, 0.5) is 0 Å². The van der Waals surface area contributed by atoms with Crippen LogP contribution in [0.5, 0.6) is 5.75 Å². The van der Waals surface area contributed by atoms with E-state index in [2.05, 4.69) is 12.1 Å². The van der Waals surface area contributed by atoms with Gasteiger partial charge in [-0.25, -0.2) is 0 Å². The highest BCUT2D eigenvalue weighted by atomic mass is 16.5. The molecule has 0 aliphatic heterocycles. The van der Waals surface area contributed by atoms with E-state index in [1.807, 2.05) is 42.5 Å². The van der Waals surface area contributed by atoms with Crippen molar-refractivity contribution in [1.82, 2.24) is 0 Å². The van der Waals surface area contributed by atoms with Crippen molar-refractivity contribution in [1.29, 1.82) is 0 Å². The summed E-state index contributed by atoms with van der Waals surface area (Å²) in [4.78, 5) is 0. The van der Waals surface area contributed by atoms with Gasteiger partial charge < -0.3 is 19.7 Å². The SMILES string of the molecule is COCCCCc1ccccc1[C@H]1[C@H](O)C=C[C@]1(O)CCCCOc1ccccc1. The van der Waals surface area contributed by atoms with Crippen molar-refractivity contribution in [3.05, 3.63) is 77.9 Å². The molecule has 162 valence electrons. The maximum absolute atomic E-state index is 11.4. The molecule has 0 saturated heterocycles. The maximum atomic E-state index is 11.4. The summed E-state index contributed by atoms with van der Waals surface area (Å²) in [5.74, 6) is 0.541. The average molecular weight is 411 g/mol. The van der Waals surface area contributed by atoms with Gasteiger partial charge in [0, 0.05) is 19.6 Å². The summed E-state index contributed by atoms with van der Waals surface area (Å²) in [6.45, 7) is 1.37. The molecule has 30 heavy (non-hydrogen) atoms. The van der Waals surface area contributed by atoms with Crippen LogP contribution in [-0.2, 0) is 11.2 Å². The van der Waals surface area contributed by atoms with Gasteiger partial charge in [0.25, 0.3) is 0 Å². The first kappa shape index (κ1) is 22.5. The number of para-hydroxylation sites is 1. The van der Waals surface area contributed by atoms with Gasteiger partial charge in [0.05, 0.1) is 18.3 Å². The third kappa shape index (κ3) is 5.94. The Morgan fingerprint density at radius 2 is 1.63 bits per heavy atom. The fourth-order valence-electron chi connectivity index (χ4n) is 4.31. The summed E-state index contributed by atoms with van der Waals surface area (Å²) in [7, 11) is 1.72. The van der Waals surface area contributed by atoms with Crippen LogP contribution in [0, 0.1) is 0 Å². The van der Waals surface area contributed by atoms with Crippen molar-refractivity contribution in [2.75, 3.05) is 20.3 Å². The third-order valence-electron chi connectivity index (χ3n) is 5.88. The Morgan fingerprint density at radius 3 is 2.43 bits per heavy atom. The highest BCUT2D eigenvalue weighted by Gasteiger charge is 2.43. The van der Waals surface area contributed by atoms with E-state index in [-0.39, 0.29) is 5.92 Å². The number of unbranched alkanes of at least 4 members (excludes halogenated alkanes) is 2. The molecule has 0 radical (unpaired) electrons. The Bertz CT molecular complexity index is 789. The first-order valence-corrected chi connectivity index (χ1v) is 11.0. The normalized spacial score (nSPS) is 23.0. The van der Waals surface area contributed by atoms with Crippen molar-refractivity contribution in [2.24, 2.45) is 0 Å². The fraction of sp³-hybridized carbons (Fsp3) is 0.462. The van der Waals surface area contributed by atoms with E-state index in [4.69, 9.17) is 9.47 Å². The molecule has 0 heterocycles. The molecule has 2 N–H and O–H groups in total. The van der Waals surface area contributed by atoms with Crippen LogP contribution in [0.15, 0.2) is 66.7 Å². The minimum Gasteiger partial charge on any atom is -0.494 e. The second-order valence-corrected chi connectivity index (χ2v) is 8.09. The standard InChI is InChI=1S/C26H34O4/c1-29-19-9-7-12-21-11-5-6-15-23(21)25-24(27)16-18-26(25,28)17-8-10-20-30-22-13-3-2-4-14-22/h2-6,11,13-16,18,24-25,27-28H,7-10,12,17,19-20H2,1H3/t24-,25+,26-/m1/s1. The highest BCUT2D eigenvalue weighted by Crippen LogP contribution is 2.43. The van der Waals surface area contributed by atoms with Crippen LogP contribution in [-0.4, -0.2) is 42.2 Å². The van der Waals surface area contributed by atoms with Crippen LogP contribution in [0.25, 0.3) is 0 Å². The molecule has 0 bridgehead atoms. The lowest BCUT2D eigenvalue weighted by atomic mass is 9.78. The van der Waals surface area contributed by atoms with Gasteiger partial charge in [0.1, 0.15) is 5.75 Å². The van der Waals surface area contributed by atoms with Crippen LogP contribution >= 0.6 is 0 Å². The van der Waals surface area contributed by atoms with E-state index in [0.29, 0.717) is 13.0 Å². The molecule has 0 saturated carbocycles. The van der Waals surface area contributed by atoms with E-state index >= 15 is 0 Å². The Labute approximate surface area is 180 Å². The number of benzene rings is 2. The number of aryl methyl sites for hydroxylation is 1. The summed E-state index contributed by atoms with van der Waals surface area (Å²) < 4.78 is 10.9. The minimum atomic E-state index is -1.03. The summed E-state index contributed by atoms with van der Waals surface area (Å²) in [5.41, 5.74) is 1.22. The molecule has 4 nitrogen and oxygen atoms in total. The molecule has 0 spiro atoms. The molecular weight excluding hydrogens is 376 g/mol. The molecule has 0 amide bonds. The van der Waals surface area contributed by atoms with Crippen molar-refractivity contribution < 1.29 is 19.7 Å². The first-order valence-electron chi connectivity index (χ1n) is 11.0. The lowest BCUT2D eigenvalue weighted by molar-refractivity contribution is 0.0223. The largest absolute Gasteiger partial charge is 0.494 e. The van der Waals surface area contributed by atoms with Crippen LogP contribution in [0.3, 0.4) is 0 Å². The molecule has 3 rings (SSSR count). The molecule has 2 aromatic carbocycles. The van der Waals surface area contributed by atoms with E-state index in [1.165, 1.54) is 5.56 Å². The summed E-state index contributed by atoms with van der Waals surface area (Å²) in [6, 6.07) is 18.0. The van der Waals surface area contributed by atoms with Crippen LogP contribution in [0.2, 0.25) is 0 Å². The zero-order chi connectivity index (χ0) is 21.2. The predicted molar refractivity (Wildman–Crippen MR) is 120 cm³/mol. The monoisotopic (exact) mass is 410 g/mol. The highest BCUT2D eigenvalue weighted by molar-refractivity contribution is 5.39. The Morgan fingerprint density at radius 1 is 0.900 bits per heavy atom. The maximum Gasteiger partial charge on any atom is 0.119 e. The van der Waals surface area contributed by atoms with Crippen molar-refractivity contribution in [2.45, 2.75) is 56.1 Å². The van der Waals surface area contributed by atoms with Gasteiger partial charge in [-0.3, -0.25) is 0 Å². The lowest BCUT2D eigenvalue weighted by Gasteiger charge is -2.33. The molecular formula is C26H34O4. The molecule has 1 aliphatic carbocycles. The first-order chi connectivity index (χ1) is 14.6. The second-order valence-electron chi connectivity index (χ2n) is 8.09. The molecule has 0 fully saturated rings. The van der Waals surface area contributed by atoms with E-state index in [1.54, 1.807) is 19.3 Å². The van der Waals surface area contributed by atoms with Crippen molar-refractivity contribution in [3.8, 4) is 5.75 Å². The molecule has 2 aromatic rings. The zero-order valence-corrected chi connectivity index (χ0v) is 17.9. The van der Waals surface area contributed by atoms with Gasteiger partial charge in [0.2, 0.25) is 0 Å². The Hall–Kier alpha value is -2.14. The predicted octanol–water partition coefficient (Wildman–Crippen LogP) is 4.65. The molecule has 4 heteroatoms. The number of hydrogen-bond donors (Lipinski definition) is 2. The zero-order valence-electron chi connectivity index (χ0n) is 17.9.